The predicted octanol–water partition coefficient (Wildman–Crippen LogP) is 0.112. The van der Waals surface area contributed by atoms with Crippen molar-refractivity contribution in [3.05, 3.63) is 29.8 Å². The van der Waals surface area contributed by atoms with Gasteiger partial charge in [-0.3, -0.25) is 4.79 Å². The zero-order valence-corrected chi connectivity index (χ0v) is 13.5. The highest BCUT2D eigenvalue weighted by Crippen LogP contribution is 2.10. The molecule has 1 amide bonds. The zero-order valence-electron chi connectivity index (χ0n) is 12.7. The molecular weight excluding hydrogens is 308 g/mol. The molecule has 0 aromatic heterocycles. The second kappa shape index (κ2) is 8.84. The van der Waals surface area contributed by atoms with Gasteiger partial charge in [-0.05, 0) is 37.6 Å². The van der Waals surface area contributed by atoms with Crippen molar-refractivity contribution >= 4 is 15.9 Å². The first-order chi connectivity index (χ1) is 10.4. The van der Waals surface area contributed by atoms with Crippen molar-refractivity contribution in [3.63, 3.8) is 0 Å². The van der Waals surface area contributed by atoms with E-state index in [1.807, 2.05) is 0 Å². The Labute approximate surface area is 130 Å². The predicted molar refractivity (Wildman–Crippen MR) is 82.1 cm³/mol. The summed E-state index contributed by atoms with van der Waals surface area (Å²) in [4.78, 5) is 11.9. The maximum atomic E-state index is 11.9. The minimum atomic E-state index is -3.68. The van der Waals surface area contributed by atoms with Crippen LogP contribution < -0.4 is 10.0 Å². The fraction of sp³-hybridized carbons (Fsp3) is 0.500. The Balaban J connectivity index is 2.64. The summed E-state index contributed by atoms with van der Waals surface area (Å²) < 4.78 is 31.0. The molecule has 0 bridgehead atoms. The zero-order chi connectivity index (χ0) is 16.6. The van der Waals surface area contributed by atoms with Crippen molar-refractivity contribution in [2.24, 2.45) is 0 Å². The van der Waals surface area contributed by atoms with Crippen LogP contribution in [0.4, 0.5) is 0 Å². The second-order valence-corrected chi connectivity index (χ2v) is 6.59. The lowest BCUT2D eigenvalue weighted by Crippen LogP contribution is -2.30. The summed E-state index contributed by atoms with van der Waals surface area (Å²) in [6.45, 7) is 2.47. The number of rotatable bonds is 9. The van der Waals surface area contributed by atoms with Gasteiger partial charge < -0.3 is 15.2 Å². The molecule has 0 heterocycles. The fourth-order valence-corrected chi connectivity index (χ4v) is 2.74. The standard InChI is InChI=1S/C14H22N2O5S/c1-11(17)10-16-22(19,20)13-6-4-12(5-7-13)14(18)15-8-3-9-21-2/h4-7,11,16-17H,3,8-10H2,1-2H3,(H,15,18). The lowest BCUT2D eigenvalue weighted by molar-refractivity contribution is 0.0948. The van der Waals surface area contributed by atoms with Crippen molar-refractivity contribution in [2.45, 2.75) is 24.3 Å². The molecule has 0 saturated heterocycles. The third-order valence-corrected chi connectivity index (χ3v) is 4.25. The highest BCUT2D eigenvalue weighted by atomic mass is 32.2. The Hall–Kier alpha value is -1.48. The summed E-state index contributed by atoms with van der Waals surface area (Å²) in [7, 11) is -2.09. The summed E-state index contributed by atoms with van der Waals surface area (Å²) in [5.41, 5.74) is 0.381. The molecule has 8 heteroatoms. The second-order valence-electron chi connectivity index (χ2n) is 4.83. The number of carbonyl (C=O) groups excluding carboxylic acids is 1. The Kier molecular flexibility index (Phi) is 7.46. The number of ether oxygens (including phenoxy) is 1. The Morgan fingerprint density at radius 2 is 1.95 bits per heavy atom. The van der Waals surface area contributed by atoms with Crippen molar-refractivity contribution in [1.29, 1.82) is 0 Å². The van der Waals surface area contributed by atoms with Crippen LogP contribution in [0.1, 0.15) is 23.7 Å². The van der Waals surface area contributed by atoms with E-state index < -0.39 is 16.1 Å². The van der Waals surface area contributed by atoms with Gasteiger partial charge in [-0.2, -0.15) is 0 Å². The Morgan fingerprint density at radius 1 is 1.32 bits per heavy atom. The minimum absolute atomic E-state index is 0.0454. The summed E-state index contributed by atoms with van der Waals surface area (Å²) in [6.07, 6.45) is -0.0650. The normalized spacial score (nSPS) is 12.9. The first-order valence-corrected chi connectivity index (χ1v) is 8.40. The number of aliphatic hydroxyl groups is 1. The molecule has 0 aliphatic carbocycles. The van der Waals surface area contributed by atoms with Gasteiger partial charge in [0.2, 0.25) is 10.0 Å². The van der Waals surface area contributed by atoms with Gasteiger partial charge >= 0.3 is 0 Å². The number of hydrogen-bond acceptors (Lipinski definition) is 5. The van der Waals surface area contributed by atoms with E-state index in [1.54, 1.807) is 7.11 Å². The smallest absolute Gasteiger partial charge is 0.251 e. The van der Waals surface area contributed by atoms with Crippen molar-refractivity contribution in [3.8, 4) is 0 Å². The number of benzene rings is 1. The summed E-state index contributed by atoms with van der Waals surface area (Å²) in [5, 5.41) is 11.8. The van der Waals surface area contributed by atoms with E-state index in [4.69, 9.17) is 9.84 Å². The van der Waals surface area contributed by atoms with Gasteiger partial charge in [0, 0.05) is 32.4 Å². The highest BCUT2D eigenvalue weighted by molar-refractivity contribution is 7.89. The molecule has 0 saturated carbocycles. The molecule has 1 aromatic rings. The number of carbonyl (C=O) groups is 1. The van der Waals surface area contributed by atoms with Gasteiger partial charge in [-0.25, -0.2) is 13.1 Å². The molecule has 1 rings (SSSR count). The van der Waals surface area contributed by atoms with E-state index in [2.05, 4.69) is 10.0 Å². The molecule has 124 valence electrons. The lowest BCUT2D eigenvalue weighted by Gasteiger charge is -2.09. The number of nitrogens with one attached hydrogen (secondary N) is 2. The molecule has 1 unspecified atom stereocenters. The van der Waals surface area contributed by atoms with Crippen LogP contribution in [0.3, 0.4) is 0 Å². The minimum Gasteiger partial charge on any atom is -0.392 e. The molecule has 22 heavy (non-hydrogen) atoms. The van der Waals surface area contributed by atoms with Crippen LogP contribution in [0.15, 0.2) is 29.2 Å². The van der Waals surface area contributed by atoms with Crippen LogP contribution in [0.25, 0.3) is 0 Å². The van der Waals surface area contributed by atoms with E-state index >= 15 is 0 Å². The largest absolute Gasteiger partial charge is 0.392 e. The molecule has 1 aromatic carbocycles. The molecule has 0 aliphatic rings. The summed E-state index contributed by atoms with van der Waals surface area (Å²) >= 11 is 0. The SMILES string of the molecule is COCCCNC(=O)c1ccc(S(=O)(=O)NCC(C)O)cc1. The monoisotopic (exact) mass is 330 g/mol. The maximum Gasteiger partial charge on any atom is 0.251 e. The molecule has 0 spiro atoms. The van der Waals surface area contributed by atoms with E-state index in [1.165, 1.54) is 31.2 Å². The van der Waals surface area contributed by atoms with Gasteiger partial charge in [0.05, 0.1) is 11.0 Å². The lowest BCUT2D eigenvalue weighted by atomic mass is 10.2. The third kappa shape index (κ3) is 6.10. The Morgan fingerprint density at radius 3 is 2.50 bits per heavy atom. The van der Waals surface area contributed by atoms with Crippen molar-refractivity contribution in [1.82, 2.24) is 10.0 Å². The van der Waals surface area contributed by atoms with E-state index in [0.29, 0.717) is 25.1 Å². The molecule has 0 fully saturated rings. The van der Waals surface area contributed by atoms with E-state index in [-0.39, 0.29) is 17.3 Å². The number of amides is 1. The maximum absolute atomic E-state index is 11.9. The van der Waals surface area contributed by atoms with Crippen LogP contribution in [0.5, 0.6) is 0 Å². The molecule has 7 nitrogen and oxygen atoms in total. The quantitative estimate of drug-likeness (QED) is 0.558. The summed E-state index contributed by atoms with van der Waals surface area (Å²) in [5.74, 6) is -0.267. The van der Waals surface area contributed by atoms with Crippen LogP contribution >= 0.6 is 0 Å². The number of hydrogen-bond donors (Lipinski definition) is 3. The average molecular weight is 330 g/mol. The summed E-state index contributed by atoms with van der Waals surface area (Å²) in [6, 6.07) is 5.61. The molecular formula is C14H22N2O5S. The highest BCUT2D eigenvalue weighted by Gasteiger charge is 2.15. The van der Waals surface area contributed by atoms with Crippen LogP contribution in [0, 0.1) is 0 Å². The van der Waals surface area contributed by atoms with Gasteiger partial charge in [0.1, 0.15) is 0 Å². The van der Waals surface area contributed by atoms with Gasteiger partial charge in [-0.15, -0.1) is 0 Å². The molecule has 0 radical (unpaired) electrons. The van der Waals surface area contributed by atoms with Gasteiger partial charge in [0.15, 0.2) is 0 Å². The van der Waals surface area contributed by atoms with Crippen molar-refractivity contribution in [2.75, 3.05) is 26.8 Å². The van der Waals surface area contributed by atoms with Crippen molar-refractivity contribution < 1.29 is 23.1 Å². The van der Waals surface area contributed by atoms with E-state index in [9.17, 15) is 13.2 Å². The topological polar surface area (TPSA) is 105 Å². The van der Waals surface area contributed by atoms with Crippen LogP contribution in [0.2, 0.25) is 0 Å². The van der Waals surface area contributed by atoms with Crippen LogP contribution in [-0.4, -0.2) is 52.3 Å². The van der Waals surface area contributed by atoms with Gasteiger partial charge in [0.25, 0.3) is 5.91 Å². The Bertz CT molecular complexity index is 569. The molecule has 1 atom stereocenters. The fourth-order valence-electron chi connectivity index (χ4n) is 1.62. The number of methoxy groups -OCH3 is 1. The first-order valence-electron chi connectivity index (χ1n) is 6.91. The van der Waals surface area contributed by atoms with Crippen LogP contribution in [-0.2, 0) is 14.8 Å². The van der Waals surface area contributed by atoms with Gasteiger partial charge in [-0.1, -0.05) is 0 Å². The molecule has 3 N–H and O–H groups in total. The third-order valence-electron chi connectivity index (χ3n) is 2.81. The number of sulfonamides is 1. The van der Waals surface area contributed by atoms with E-state index in [0.717, 1.165) is 0 Å². The molecule has 0 aliphatic heterocycles. The first kappa shape index (κ1) is 18.6. The average Bonchev–Trinajstić information content (AvgIpc) is 2.49. The number of aliphatic hydroxyl groups excluding tert-OH is 1.